The van der Waals surface area contributed by atoms with Crippen molar-refractivity contribution in [3.8, 4) is 5.75 Å². The highest BCUT2D eigenvalue weighted by molar-refractivity contribution is 5.94. The Kier molecular flexibility index (Phi) is 7.08. The number of nitrogens with one attached hydrogen (secondary N) is 3. The molecule has 116 valence electrons. The van der Waals surface area contributed by atoms with Crippen molar-refractivity contribution in [1.29, 1.82) is 0 Å². The number of phenolic OH excluding ortho intramolecular Hbond substituents is 1. The first kappa shape index (κ1) is 16.8. The molecule has 1 aromatic carbocycles. The lowest BCUT2D eigenvalue weighted by Gasteiger charge is -2.16. The van der Waals surface area contributed by atoms with Crippen LogP contribution in [0, 0.1) is 0 Å². The standard InChI is InChI=1S/C15H24N4O2/c1-4-11(3)18-15(16-5-2)17-10-14(21)19-12-6-8-13(20)9-7-12/h6-9,11,20H,4-5,10H2,1-3H3,(H,19,21)(H2,16,17,18). The number of aromatic hydroxyl groups is 1. The molecule has 0 bridgehead atoms. The summed E-state index contributed by atoms with van der Waals surface area (Å²) in [5.41, 5.74) is 0.632. The monoisotopic (exact) mass is 292 g/mol. The van der Waals surface area contributed by atoms with E-state index in [2.05, 4.69) is 34.8 Å². The fraction of sp³-hybridized carbons (Fsp3) is 0.467. The Balaban J connectivity index is 2.54. The molecule has 0 fully saturated rings. The van der Waals surface area contributed by atoms with Gasteiger partial charge in [-0.1, -0.05) is 6.92 Å². The van der Waals surface area contributed by atoms with Gasteiger partial charge in [0.2, 0.25) is 5.91 Å². The van der Waals surface area contributed by atoms with Crippen LogP contribution in [0.5, 0.6) is 5.75 Å². The number of guanidine groups is 1. The molecule has 1 amide bonds. The van der Waals surface area contributed by atoms with Crippen LogP contribution < -0.4 is 16.0 Å². The van der Waals surface area contributed by atoms with Gasteiger partial charge in [-0.2, -0.15) is 0 Å². The van der Waals surface area contributed by atoms with Crippen LogP contribution in [0.15, 0.2) is 29.3 Å². The average molecular weight is 292 g/mol. The Morgan fingerprint density at radius 2 is 1.95 bits per heavy atom. The summed E-state index contributed by atoms with van der Waals surface area (Å²) in [6.45, 7) is 6.89. The van der Waals surface area contributed by atoms with Crippen LogP contribution in [0.1, 0.15) is 27.2 Å². The Labute approximate surface area is 125 Å². The van der Waals surface area contributed by atoms with Crippen LogP contribution in [0.25, 0.3) is 0 Å². The lowest BCUT2D eigenvalue weighted by Crippen LogP contribution is -2.42. The van der Waals surface area contributed by atoms with E-state index in [0.717, 1.165) is 13.0 Å². The summed E-state index contributed by atoms with van der Waals surface area (Å²) >= 11 is 0. The van der Waals surface area contributed by atoms with Gasteiger partial charge in [-0.15, -0.1) is 0 Å². The average Bonchev–Trinajstić information content (AvgIpc) is 2.47. The Bertz CT molecular complexity index is 471. The van der Waals surface area contributed by atoms with Crippen molar-refractivity contribution < 1.29 is 9.90 Å². The third-order valence-corrected chi connectivity index (χ3v) is 2.87. The Morgan fingerprint density at radius 3 is 2.52 bits per heavy atom. The second kappa shape index (κ2) is 8.84. The van der Waals surface area contributed by atoms with Gasteiger partial charge in [0.05, 0.1) is 0 Å². The summed E-state index contributed by atoms with van der Waals surface area (Å²) in [5.74, 6) is 0.591. The predicted octanol–water partition coefficient (Wildman–Crippen LogP) is 1.68. The molecule has 6 nitrogen and oxygen atoms in total. The van der Waals surface area contributed by atoms with Crippen molar-refractivity contribution >= 4 is 17.6 Å². The zero-order valence-electron chi connectivity index (χ0n) is 12.8. The third-order valence-electron chi connectivity index (χ3n) is 2.87. The number of anilines is 1. The second-order valence-corrected chi connectivity index (χ2v) is 4.74. The van der Waals surface area contributed by atoms with Gasteiger partial charge in [0.15, 0.2) is 5.96 Å². The summed E-state index contributed by atoms with van der Waals surface area (Å²) in [6.07, 6.45) is 0.976. The molecule has 6 heteroatoms. The van der Waals surface area contributed by atoms with E-state index in [-0.39, 0.29) is 18.2 Å². The van der Waals surface area contributed by atoms with Crippen molar-refractivity contribution in [1.82, 2.24) is 10.6 Å². The van der Waals surface area contributed by atoms with Crippen molar-refractivity contribution in [3.05, 3.63) is 24.3 Å². The van der Waals surface area contributed by atoms with E-state index >= 15 is 0 Å². The maximum Gasteiger partial charge on any atom is 0.246 e. The molecule has 0 heterocycles. The molecule has 1 aromatic rings. The SMILES string of the molecule is CCNC(=NCC(=O)Nc1ccc(O)cc1)NC(C)CC. The van der Waals surface area contributed by atoms with Gasteiger partial charge < -0.3 is 21.1 Å². The lowest BCUT2D eigenvalue weighted by molar-refractivity contribution is -0.114. The van der Waals surface area contributed by atoms with Crippen LogP contribution in [0.3, 0.4) is 0 Å². The van der Waals surface area contributed by atoms with Crippen LogP contribution in [0.2, 0.25) is 0 Å². The molecule has 4 N–H and O–H groups in total. The zero-order chi connectivity index (χ0) is 15.7. The molecular weight excluding hydrogens is 268 g/mol. The lowest BCUT2D eigenvalue weighted by atomic mass is 10.3. The highest BCUT2D eigenvalue weighted by atomic mass is 16.3. The van der Waals surface area contributed by atoms with Gasteiger partial charge in [0.25, 0.3) is 0 Å². The number of carbonyl (C=O) groups excluding carboxylic acids is 1. The minimum Gasteiger partial charge on any atom is -0.508 e. The van der Waals surface area contributed by atoms with Gasteiger partial charge >= 0.3 is 0 Å². The van der Waals surface area contributed by atoms with Crippen molar-refractivity contribution in [2.75, 3.05) is 18.4 Å². The molecule has 0 radical (unpaired) electrons. The molecule has 0 saturated heterocycles. The number of phenols is 1. The normalized spacial score (nSPS) is 12.6. The predicted molar refractivity (Wildman–Crippen MR) is 85.6 cm³/mol. The van der Waals surface area contributed by atoms with E-state index in [1.807, 2.05) is 6.92 Å². The van der Waals surface area contributed by atoms with E-state index in [1.165, 1.54) is 12.1 Å². The number of amides is 1. The number of hydrogen-bond donors (Lipinski definition) is 4. The number of benzene rings is 1. The number of nitrogens with zero attached hydrogens (tertiary/aromatic N) is 1. The van der Waals surface area contributed by atoms with Gasteiger partial charge in [-0.3, -0.25) is 4.79 Å². The van der Waals surface area contributed by atoms with Gasteiger partial charge in [-0.05, 0) is 44.5 Å². The molecule has 1 unspecified atom stereocenters. The molecule has 21 heavy (non-hydrogen) atoms. The number of aliphatic imine (C=N–C) groups is 1. The molecule has 0 aliphatic heterocycles. The number of carbonyl (C=O) groups is 1. The van der Waals surface area contributed by atoms with Gasteiger partial charge in [0.1, 0.15) is 12.3 Å². The topological polar surface area (TPSA) is 85.8 Å². The molecular formula is C15H24N4O2. The Hall–Kier alpha value is -2.24. The molecule has 1 rings (SSSR count). The quantitative estimate of drug-likeness (QED) is 0.365. The van der Waals surface area contributed by atoms with Crippen LogP contribution in [-0.4, -0.2) is 36.1 Å². The molecule has 0 aliphatic rings. The smallest absolute Gasteiger partial charge is 0.246 e. The van der Waals surface area contributed by atoms with Crippen LogP contribution in [-0.2, 0) is 4.79 Å². The highest BCUT2D eigenvalue weighted by Gasteiger charge is 2.05. The van der Waals surface area contributed by atoms with Crippen molar-refractivity contribution in [2.45, 2.75) is 33.2 Å². The summed E-state index contributed by atoms with van der Waals surface area (Å²) in [6, 6.07) is 6.61. The minimum atomic E-state index is -0.206. The summed E-state index contributed by atoms with van der Waals surface area (Å²) < 4.78 is 0. The van der Waals surface area contributed by atoms with E-state index in [9.17, 15) is 9.90 Å². The molecule has 0 aromatic heterocycles. The maximum atomic E-state index is 11.8. The van der Waals surface area contributed by atoms with E-state index in [0.29, 0.717) is 17.7 Å². The maximum absolute atomic E-state index is 11.8. The fourth-order valence-corrected chi connectivity index (χ4v) is 1.55. The third kappa shape index (κ3) is 6.65. The largest absolute Gasteiger partial charge is 0.508 e. The Morgan fingerprint density at radius 1 is 1.29 bits per heavy atom. The van der Waals surface area contributed by atoms with Crippen LogP contribution in [0.4, 0.5) is 5.69 Å². The number of hydrogen-bond acceptors (Lipinski definition) is 3. The fourth-order valence-electron chi connectivity index (χ4n) is 1.55. The van der Waals surface area contributed by atoms with Gasteiger partial charge in [0, 0.05) is 18.3 Å². The van der Waals surface area contributed by atoms with Crippen molar-refractivity contribution in [2.24, 2.45) is 4.99 Å². The molecule has 0 aliphatic carbocycles. The minimum absolute atomic E-state index is 0.0344. The van der Waals surface area contributed by atoms with E-state index in [1.54, 1.807) is 12.1 Å². The number of rotatable bonds is 6. The van der Waals surface area contributed by atoms with E-state index in [4.69, 9.17) is 0 Å². The molecule has 0 saturated carbocycles. The first-order valence-corrected chi connectivity index (χ1v) is 7.18. The van der Waals surface area contributed by atoms with Crippen LogP contribution >= 0.6 is 0 Å². The molecule has 0 spiro atoms. The summed E-state index contributed by atoms with van der Waals surface area (Å²) in [5, 5.41) is 18.2. The van der Waals surface area contributed by atoms with Crippen molar-refractivity contribution in [3.63, 3.8) is 0 Å². The first-order valence-electron chi connectivity index (χ1n) is 7.18. The summed E-state index contributed by atoms with van der Waals surface area (Å²) in [7, 11) is 0. The summed E-state index contributed by atoms with van der Waals surface area (Å²) in [4.78, 5) is 16.1. The zero-order valence-corrected chi connectivity index (χ0v) is 12.8. The highest BCUT2D eigenvalue weighted by Crippen LogP contribution is 2.13. The van der Waals surface area contributed by atoms with Gasteiger partial charge in [-0.25, -0.2) is 4.99 Å². The molecule has 1 atom stereocenters. The van der Waals surface area contributed by atoms with E-state index < -0.39 is 0 Å². The first-order chi connectivity index (χ1) is 10.0. The second-order valence-electron chi connectivity index (χ2n) is 4.74.